The molecule has 0 saturated heterocycles. The van der Waals surface area contributed by atoms with Crippen LogP contribution in [0.3, 0.4) is 0 Å². The molecule has 0 saturated carbocycles. The van der Waals surface area contributed by atoms with Gasteiger partial charge in [-0.3, -0.25) is 0 Å². The fourth-order valence-corrected chi connectivity index (χ4v) is 1.74. The summed E-state index contributed by atoms with van der Waals surface area (Å²) in [6.45, 7) is 0. The second-order valence-corrected chi connectivity index (χ2v) is 3.61. The van der Waals surface area contributed by atoms with E-state index in [0.29, 0.717) is 0 Å². The molecule has 2 aromatic rings. The molecule has 0 aliphatic heterocycles. The van der Waals surface area contributed by atoms with Gasteiger partial charge in [0.2, 0.25) is 0 Å². The van der Waals surface area contributed by atoms with E-state index in [9.17, 15) is 18.0 Å². The van der Waals surface area contributed by atoms with Crippen LogP contribution in [-0.2, 0) is 6.18 Å². The van der Waals surface area contributed by atoms with Gasteiger partial charge in [-0.15, -0.1) is 0 Å². The predicted octanol–water partition coefficient (Wildman–Crippen LogP) is 3.40. The molecular formula is C12H8F3NO2. The Kier molecular flexibility index (Phi) is 2.86. The minimum atomic E-state index is -4.52. The number of halogens is 3. The summed E-state index contributed by atoms with van der Waals surface area (Å²) in [5.41, 5.74) is -1.24. The molecule has 1 aromatic heterocycles. The SMILES string of the molecule is O=C(O)c1[nH]ccc1-c1ccccc1C(F)(F)F. The average molecular weight is 255 g/mol. The van der Waals surface area contributed by atoms with Crippen LogP contribution < -0.4 is 0 Å². The molecule has 0 fully saturated rings. The van der Waals surface area contributed by atoms with Gasteiger partial charge in [0.05, 0.1) is 5.56 Å². The molecule has 0 atom stereocenters. The third kappa shape index (κ3) is 2.09. The molecule has 2 N–H and O–H groups in total. The van der Waals surface area contributed by atoms with E-state index in [4.69, 9.17) is 5.11 Å². The highest BCUT2D eigenvalue weighted by Crippen LogP contribution is 2.37. The molecule has 1 aromatic carbocycles. The van der Waals surface area contributed by atoms with Gasteiger partial charge in [0.15, 0.2) is 0 Å². The van der Waals surface area contributed by atoms with Gasteiger partial charge in [-0.1, -0.05) is 18.2 Å². The molecule has 0 aliphatic carbocycles. The average Bonchev–Trinajstić information content (AvgIpc) is 2.76. The van der Waals surface area contributed by atoms with E-state index in [1.165, 1.54) is 30.5 Å². The second kappa shape index (κ2) is 4.21. The first-order valence-electron chi connectivity index (χ1n) is 4.98. The van der Waals surface area contributed by atoms with Crippen LogP contribution >= 0.6 is 0 Å². The number of hydrogen-bond donors (Lipinski definition) is 2. The smallest absolute Gasteiger partial charge is 0.417 e. The van der Waals surface area contributed by atoms with Crippen molar-refractivity contribution in [3.05, 3.63) is 47.8 Å². The van der Waals surface area contributed by atoms with E-state index >= 15 is 0 Å². The van der Waals surface area contributed by atoms with Crippen molar-refractivity contribution >= 4 is 5.97 Å². The number of rotatable bonds is 2. The summed E-state index contributed by atoms with van der Waals surface area (Å²) in [4.78, 5) is 13.3. The van der Waals surface area contributed by atoms with Gasteiger partial charge in [-0.05, 0) is 17.7 Å². The van der Waals surface area contributed by atoms with Crippen molar-refractivity contribution in [3.63, 3.8) is 0 Å². The molecule has 94 valence electrons. The Morgan fingerprint density at radius 3 is 2.39 bits per heavy atom. The third-order valence-corrected chi connectivity index (χ3v) is 2.48. The molecule has 0 amide bonds. The number of aromatic amines is 1. The number of aromatic carboxylic acids is 1. The number of aromatic nitrogens is 1. The van der Waals surface area contributed by atoms with Gasteiger partial charge in [0.25, 0.3) is 0 Å². The van der Waals surface area contributed by atoms with Gasteiger partial charge >= 0.3 is 12.1 Å². The van der Waals surface area contributed by atoms with Gasteiger partial charge in [-0.2, -0.15) is 13.2 Å². The highest BCUT2D eigenvalue weighted by atomic mass is 19.4. The lowest BCUT2D eigenvalue weighted by molar-refractivity contribution is -0.137. The Labute approximate surface area is 99.9 Å². The first-order chi connectivity index (χ1) is 8.41. The van der Waals surface area contributed by atoms with Crippen molar-refractivity contribution in [2.45, 2.75) is 6.18 Å². The molecule has 0 bridgehead atoms. The number of alkyl halides is 3. The number of carboxylic acid groups (broad SMARTS) is 1. The quantitative estimate of drug-likeness (QED) is 0.864. The van der Waals surface area contributed by atoms with E-state index in [-0.39, 0.29) is 16.8 Å². The Hall–Kier alpha value is -2.24. The van der Waals surface area contributed by atoms with Crippen molar-refractivity contribution in [2.75, 3.05) is 0 Å². The molecule has 1 heterocycles. The van der Waals surface area contributed by atoms with E-state index in [2.05, 4.69) is 4.98 Å². The predicted molar refractivity (Wildman–Crippen MR) is 58.2 cm³/mol. The van der Waals surface area contributed by atoms with E-state index in [1.807, 2.05) is 0 Å². The van der Waals surface area contributed by atoms with Crippen LogP contribution in [-0.4, -0.2) is 16.1 Å². The number of carboxylic acids is 1. The summed E-state index contributed by atoms with van der Waals surface area (Å²) in [6.07, 6.45) is -3.23. The van der Waals surface area contributed by atoms with Crippen molar-refractivity contribution in [1.29, 1.82) is 0 Å². The molecule has 2 rings (SSSR count). The number of H-pyrrole nitrogens is 1. The Morgan fingerprint density at radius 2 is 1.78 bits per heavy atom. The maximum absolute atomic E-state index is 12.8. The fraction of sp³-hybridized carbons (Fsp3) is 0.0833. The molecule has 0 aliphatic rings. The van der Waals surface area contributed by atoms with Crippen molar-refractivity contribution in [2.24, 2.45) is 0 Å². The standard InChI is InChI=1S/C12H8F3NO2/c13-12(14,15)9-4-2-1-3-7(9)8-5-6-16-10(8)11(17)18/h1-6,16H,(H,17,18). The van der Waals surface area contributed by atoms with Crippen LogP contribution in [0.15, 0.2) is 36.5 Å². The summed E-state index contributed by atoms with van der Waals surface area (Å²) < 4.78 is 38.4. The maximum Gasteiger partial charge on any atom is 0.417 e. The number of hydrogen-bond acceptors (Lipinski definition) is 1. The zero-order valence-electron chi connectivity index (χ0n) is 8.95. The highest BCUT2D eigenvalue weighted by molar-refractivity contribution is 5.94. The topological polar surface area (TPSA) is 53.1 Å². The van der Waals surface area contributed by atoms with Crippen LogP contribution in [0.1, 0.15) is 16.1 Å². The Bertz CT molecular complexity index is 587. The van der Waals surface area contributed by atoms with Crippen LogP contribution in [0.5, 0.6) is 0 Å². The van der Waals surface area contributed by atoms with Gasteiger partial charge in [0.1, 0.15) is 5.69 Å². The first-order valence-corrected chi connectivity index (χ1v) is 4.98. The van der Waals surface area contributed by atoms with Gasteiger partial charge < -0.3 is 10.1 Å². The normalized spacial score (nSPS) is 11.5. The van der Waals surface area contributed by atoms with E-state index in [0.717, 1.165) is 6.07 Å². The van der Waals surface area contributed by atoms with Crippen LogP contribution in [0.2, 0.25) is 0 Å². The molecule has 6 heteroatoms. The highest BCUT2D eigenvalue weighted by Gasteiger charge is 2.34. The van der Waals surface area contributed by atoms with Crippen LogP contribution in [0.25, 0.3) is 11.1 Å². The molecule has 0 spiro atoms. The molecule has 0 unspecified atom stereocenters. The number of nitrogens with one attached hydrogen (secondary N) is 1. The summed E-state index contributed by atoms with van der Waals surface area (Å²) in [7, 11) is 0. The van der Waals surface area contributed by atoms with Crippen molar-refractivity contribution in [3.8, 4) is 11.1 Å². The summed E-state index contributed by atoms with van der Waals surface area (Å²) in [6, 6.07) is 6.18. The van der Waals surface area contributed by atoms with E-state index < -0.39 is 17.7 Å². The van der Waals surface area contributed by atoms with E-state index in [1.54, 1.807) is 0 Å². The number of carbonyl (C=O) groups is 1. The molecule has 3 nitrogen and oxygen atoms in total. The minimum absolute atomic E-state index is 0.0235. The zero-order chi connectivity index (χ0) is 13.3. The Balaban J connectivity index is 2.65. The molecular weight excluding hydrogens is 247 g/mol. The summed E-state index contributed by atoms with van der Waals surface area (Å²) >= 11 is 0. The lowest BCUT2D eigenvalue weighted by atomic mass is 9.99. The van der Waals surface area contributed by atoms with Crippen LogP contribution in [0.4, 0.5) is 13.2 Å². The van der Waals surface area contributed by atoms with Crippen molar-refractivity contribution < 1.29 is 23.1 Å². The number of benzene rings is 1. The van der Waals surface area contributed by atoms with Gasteiger partial charge in [0, 0.05) is 11.8 Å². The monoisotopic (exact) mass is 255 g/mol. The van der Waals surface area contributed by atoms with Crippen molar-refractivity contribution in [1.82, 2.24) is 4.98 Å². The van der Waals surface area contributed by atoms with Gasteiger partial charge in [-0.25, -0.2) is 4.79 Å². The lowest BCUT2D eigenvalue weighted by Gasteiger charge is -2.12. The third-order valence-electron chi connectivity index (χ3n) is 2.48. The van der Waals surface area contributed by atoms with Crippen LogP contribution in [0, 0.1) is 0 Å². The molecule has 0 radical (unpaired) electrons. The molecule has 18 heavy (non-hydrogen) atoms. The first kappa shape index (κ1) is 12.2. The largest absolute Gasteiger partial charge is 0.477 e. The zero-order valence-corrected chi connectivity index (χ0v) is 8.95. The summed E-state index contributed by atoms with van der Waals surface area (Å²) in [5.74, 6) is -1.30. The summed E-state index contributed by atoms with van der Waals surface area (Å²) in [5, 5.41) is 8.90. The minimum Gasteiger partial charge on any atom is -0.477 e. The second-order valence-electron chi connectivity index (χ2n) is 3.61. The lowest BCUT2D eigenvalue weighted by Crippen LogP contribution is -2.08. The fourth-order valence-electron chi connectivity index (χ4n) is 1.74. The Morgan fingerprint density at radius 1 is 1.11 bits per heavy atom. The maximum atomic E-state index is 12.8.